The first kappa shape index (κ1) is 26.2. The molecule has 1 fully saturated rings. The molecule has 2 atom stereocenters. The minimum Gasteiger partial charge on any atom is -0.493 e. The molecule has 0 unspecified atom stereocenters. The molecule has 5 rings (SSSR count). The number of hydrogen-bond acceptors (Lipinski definition) is 5. The van der Waals surface area contributed by atoms with Gasteiger partial charge in [0.15, 0.2) is 11.5 Å². The van der Waals surface area contributed by atoms with Gasteiger partial charge < -0.3 is 9.47 Å². The lowest BCUT2D eigenvalue weighted by molar-refractivity contribution is -0.122. The molecule has 0 spiro atoms. The largest absolute Gasteiger partial charge is 0.493 e. The van der Waals surface area contributed by atoms with Gasteiger partial charge in [-0.2, -0.15) is 5.10 Å². The van der Waals surface area contributed by atoms with E-state index in [1.165, 1.54) is 18.2 Å². The Balaban J connectivity index is 1.20. The van der Waals surface area contributed by atoms with Crippen LogP contribution in [0.25, 0.3) is 10.8 Å². The summed E-state index contributed by atoms with van der Waals surface area (Å²) in [5, 5.41) is 5.92. The Morgan fingerprint density at radius 1 is 0.923 bits per heavy atom. The summed E-state index contributed by atoms with van der Waals surface area (Å²) in [6, 6.07) is 26.9. The molecular weight excluding hydrogens is 488 g/mol. The van der Waals surface area contributed by atoms with E-state index >= 15 is 0 Å². The fraction of sp³-hybridized carbons (Fsp3) is 0.242. The lowest BCUT2D eigenvalue weighted by Gasteiger charge is -2.19. The standard InChI is InChI=1S/C33H32N2O4/c1-33(2,3)24-15-13-23(14-16-24)27-19-28(27)31(36)35-34-20-21-12-17-29(30(18-21)38-4)39-32(37)26-11-7-9-22-8-5-6-10-25(22)26/h5-18,20,27-28H,19H2,1-4H3,(H,35,36)/b34-20+/t27-,28+/m0/s1. The molecule has 4 aromatic carbocycles. The maximum atomic E-state index is 12.9. The van der Waals surface area contributed by atoms with Crippen molar-refractivity contribution in [2.24, 2.45) is 11.0 Å². The number of methoxy groups -OCH3 is 1. The van der Waals surface area contributed by atoms with Crippen molar-refractivity contribution < 1.29 is 19.1 Å². The number of amides is 1. The van der Waals surface area contributed by atoms with Gasteiger partial charge in [0.05, 0.1) is 18.9 Å². The second-order valence-electron chi connectivity index (χ2n) is 10.9. The van der Waals surface area contributed by atoms with Crippen molar-refractivity contribution in [3.63, 3.8) is 0 Å². The van der Waals surface area contributed by atoms with Crippen LogP contribution in [0.15, 0.2) is 90.0 Å². The molecule has 0 heterocycles. The number of hydrazone groups is 1. The maximum absolute atomic E-state index is 12.9. The normalized spacial score (nSPS) is 16.7. The van der Waals surface area contributed by atoms with Crippen LogP contribution < -0.4 is 14.9 Å². The lowest BCUT2D eigenvalue weighted by atomic mass is 9.86. The summed E-state index contributed by atoms with van der Waals surface area (Å²) in [7, 11) is 1.51. The SMILES string of the molecule is COc1cc(/C=N/NC(=O)[C@@H]2C[C@H]2c2ccc(C(C)(C)C)cc2)ccc1OC(=O)c1cccc2ccccc12. The van der Waals surface area contributed by atoms with Gasteiger partial charge in [0.2, 0.25) is 5.91 Å². The summed E-state index contributed by atoms with van der Waals surface area (Å²) in [6.07, 6.45) is 2.37. The summed E-state index contributed by atoms with van der Waals surface area (Å²) < 4.78 is 11.1. The van der Waals surface area contributed by atoms with Crippen molar-refractivity contribution in [3.05, 3.63) is 107 Å². The highest BCUT2D eigenvalue weighted by molar-refractivity contribution is 6.05. The molecule has 1 saturated carbocycles. The van der Waals surface area contributed by atoms with E-state index in [4.69, 9.17) is 9.47 Å². The summed E-state index contributed by atoms with van der Waals surface area (Å²) in [5.74, 6) is 0.280. The number of esters is 1. The minimum atomic E-state index is -0.467. The highest BCUT2D eigenvalue weighted by Crippen LogP contribution is 2.47. The summed E-state index contributed by atoms with van der Waals surface area (Å²) in [6.45, 7) is 6.57. The quantitative estimate of drug-likeness (QED) is 0.129. The van der Waals surface area contributed by atoms with Crippen molar-refractivity contribution in [2.45, 2.75) is 38.5 Å². The predicted molar refractivity (Wildman–Crippen MR) is 154 cm³/mol. The Labute approximate surface area is 228 Å². The highest BCUT2D eigenvalue weighted by Gasteiger charge is 2.44. The molecule has 198 valence electrons. The lowest BCUT2D eigenvalue weighted by Crippen LogP contribution is -2.20. The molecule has 1 aliphatic carbocycles. The Morgan fingerprint density at radius 2 is 1.67 bits per heavy atom. The third-order valence-corrected chi connectivity index (χ3v) is 7.12. The number of nitrogens with one attached hydrogen (secondary N) is 1. The van der Waals surface area contributed by atoms with E-state index in [0.29, 0.717) is 22.6 Å². The summed E-state index contributed by atoms with van der Waals surface area (Å²) >= 11 is 0. The summed E-state index contributed by atoms with van der Waals surface area (Å²) in [5.41, 5.74) is 6.40. The molecule has 1 amide bonds. The van der Waals surface area contributed by atoms with Gasteiger partial charge in [-0.05, 0) is 69.5 Å². The van der Waals surface area contributed by atoms with Crippen LogP contribution in [-0.4, -0.2) is 25.2 Å². The molecular formula is C33H32N2O4. The van der Waals surface area contributed by atoms with Gasteiger partial charge in [0, 0.05) is 5.92 Å². The zero-order valence-electron chi connectivity index (χ0n) is 22.6. The zero-order chi connectivity index (χ0) is 27.6. The maximum Gasteiger partial charge on any atom is 0.344 e. The van der Waals surface area contributed by atoms with Gasteiger partial charge >= 0.3 is 5.97 Å². The third-order valence-electron chi connectivity index (χ3n) is 7.12. The third kappa shape index (κ3) is 5.85. The van der Waals surface area contributed by atoms with Crippen LogP contribution in [-0.2, 0) is 10.2 Å². The van der Waals surface area contributed by atoms with Crippen molar-refractivity contribution in [2.75, 3.05) is 7.11 Å². The Hall–Kier alpha value is -4.45. The van der Waals surface area contributed by atoms with Crippen molar-refractivity contribution >= 4 is 28.9 Å². The molecule has 0 aliphatic heterocycles. The smallest absolute Gasteiger partial charge is 0.344 e. The Morgan fingerprint density at radius 3 is 2.41 bits per heavy atom. The van der Waals surface area contributed by atoms with E-state index in [9.17, 15) is 9.59 Å². The number of fused-ring (bicyclic) bond motifs is 1. The van der Waals surface area contributed by atoms with E-state index in [0.717, 1.165) is 17.2 Å². The van der Waals surface area contributed by atoms with Crippen molar-refractivity contribution in [1.82, 2.24) is 5.43 Å². The molecule has 1 N–H and O–H groups in total. The second kappa shape index (κ2) is 10.7. The van der Waals surface area contributed by atoms with Gasteiger partial charge in [-0.15, -0.1) is 0 Å². The van der Waals surface area contributed by atoms with Crippen LogP contribution in [0.3, 0.4) is 0 Å². The molecule has 6 heteroatoms. The van der Waals surface area contributed by atoms with E-state index in [2.05, 4.69) is 55.6 Å². The van der Waals surface area contributed by atoms with Gasteiger partial charge in [-0.1, -0.05) is 81.4 Å². The van der Waals surface area contributed by atoms with Gasteiger partial charge in [-0.25, -0.2) is 10.2 Å². The van der Waals surface area contributed by atoms with Crippen molar-refractivity contribution in [1.29, 1.82) is 0 Å². The van der Waals surface area contributed by atoms with Crippen molar-refractivity contribution in [3.8, 4) is 11.5 Å². The molecule has 0 aromatic heterocycles. The molecule has 1 aliphatic rings. The second-order valence-corrected chi connectivity index (χ2v) is 10.9. The highest BCUT2D eigenvalue weighted by atomic mass is 16.6. The number of ether oxygens (including phenoxy) is 2. The van der Waals surface area contributed by atoms with E-state index in [1.54, 1.807) is 30.5 Å². The van der Waals surface area contributed by atoms with Gasteiger partial charge in [-0.3, -0.25) is 4.79 Å². The Bertz CT molecular complexity index is 1550. The number of carbonyl (C=O) groups is 2. The topological polar surface area (TPSA) is 77.0 Å². The molecule has 0 saturated heterocycles. The van der Waals surface area contributed by atoms with Crippen LogP contribution in [0.4, 0.5) is 0 Å². The average Bonchev–Trinajstić information content (AvgIpc) is 3.74. The van der Waals surface area contributed by atoms with Crippen LogP contribution >= 0.6 is 0 Å². The molecule has 39 heavy (non-hydrogen) atoms. The Kier molecular flexibility index (Phi) is 7.20. The number of rotatable bonds is 7. The first-order chi connectivity index (χ1) is 18.7. The minimum absolute atomic E-state index is 0.0759. The molecule has 4 aromatic rings. The predicted octanol–water partition coefficient (Wildman–Crippen LogP) is 6.62. The molecule has 6 nitrogen and oxygen atoms in total. The molecule has 0 bridgehead atoms. The van der Waals surface area contributed by atoms with E-state index in [-0.39, 0.29) is 23.2 Å². The summed E-state index contributed by atoms with van der Waals surface area (Å²) in [4.78, 5) is 25.6. The van der Waals surface area contributed by atoms with Gasteiger partial charge in [0.25, 0.3) is 0 Å². The van der Waals surface area contributed by atoms with Crippen LogP contribution in [0.5, 0.6) is 11.5 Å². The monoisotopic (exact) mass is 520 g/mol. The number of benzene rings is 4. The fourth-order valence-electron chi connectivity index (χ4n) is 4.74. The fourth-order valence-corrected chi connectivity index (χ4v) is 4.74. The van der Waals surface area contributed by atoms with Crippen LogP contribution in [0.2, 0.25) is 0 Å². The van der Waals surface area contributed by atoms with Gasteiger partial charge in [0.1, 0.15) is 0 Å². The first-order valence-electron chi connectivity index (χ1n) is 13.1. The molecule has 0 radical (unpaired) electrons. The zero-order valence-corrected chi connectivity index (χ0v) is 22.6. The number of nitrogens with zero attached hydrogens (tertiary/aromatic N) is 1. The number of carbonyl (C=O) groups excluding carboxylic acids is 2. The van der Waals surface area contributed by atoms with E-state index < -0.39 is 5.97 Å². The number of hydrogen-bond donors (Lipinski definition) is 1. The van der Waals surface area contributed by atoms with E-state index in [1.807, 2.05) is 36.4 Å². The van der Waals surface area contributed by atoms with Crippen LogP contribution in [0.1, 0.15) is 60.2 Å². The van der Waals surface area contributed by atoms with Crippen LogP contribution in [0, 0.1) is 5.92 Å². The average molecular weight is 521 g/mol. The first-order valence-corrected chi connectivity index (χ1v) is 13.1.